The summed E-state index contributed by atoms with van der Waals surface area (Å²) in [7, 11) is 3.59. The lowest BCUT2D eigenvalue weighted by Crippen LogP contribution is -2.19. The molecule has 0 aliphatic carbocycles. The van der Waals surface area contributed by atoms with Gasteiger partial charge in [-0.25, -0.2) is 4.39 Å². The first-order valence-electron chi connectivity index (χ1n) is 6.86. The van der Waals surface area contributed by atoms with Gasteiger partial charge in [-0.3, -0.25) is 0 Å². The predicted molar refractivity (Wildman–Crippen MR) is 87.5 cm³/mol. The fourth-order valence-electron chi connectivity index (χ4n) is 2.41. The van der Waals surface area contributed by atoms with E-state index in [1.54, 1.807) is 7.11 Å². The largest absolute Gasteiger partial charge is 0.496 e. The van der Waals surface area contributed by atoms with E-state index in [4.69, 9.17) is 4.74 Å². The maximum Gasteiger partial charge on any atom is 0.133 e. The van der Waals surface area contributed by atoms with Crippen molar-refractivity contribution in [1.29, 1.82) is 0 Å². The molecule has 0 saturated carbocycles. The topological polar surface area (TPSA) is 21.3 Å². The molecule has 1 N–H and O–H groups in total. The van der Waals surface area contributed by atoms with Gasteiger partial charge in [0.2, 0.25) is 0 Å². The van der Waals surface area contributed by atoms with Crippen molar-refractivity contribution < 1.29 is 9.13 Å². The Kier molecular flexibility index (Phi) is 5.76. The molecule has 1 unspecified atom stereocenters. The van der Waals surface area contributed by atoms with Crippen LogP contribution >= 0.6 is 15.9 Å². The summed E-state index contributed by atoms with van der Waals surface area (Å²) in [4.78, 5) is 0. The Morgan fingerprint density at radius 3 is 2.48 bits per heavy atom. The number of likely N-dealkylation sites (N-methyl/N-ethyl adjacent to an activating group) is 1. The summed E-state index contributed by atoms with van der Waals surface area (Å²) in [5, 5.41) is 3.21. The summed E-state index contributed by atoms with van der Waals surface area (Å²) in [6, 6.07) is 12.8. The molecule has 0 aliphatic heterocycles. The molecule has 0 heterocycles. The van der Waals surface area contributed by atoms with E-state index in [1.165, 1.54) is 17.7 Å². The lowest BCUT2D eigenvalue weighted by Gasteiger charge is -2.18. The third-order valence-electron chi connectivity index (χ3n) is 3.49. The number of rotatable bonds is 6. The Bertz CT molecular complexity index is 586. The third-order valence-corrected chi connectivity index (χ3v) is 4.11. The molecule has 0 spiro atoms. The minimum atomic E-state index is -0.200. The standard InChI is InChI=1S/C17H19BrFNO/c1-20-11-14(13-4-6-15(19)7-5-13)9-12-3-8-17(21-2)16(18)10-12/h3-8,10,14,20H,9,11H2,1-2H3. The maximum absolute atomic E-state index is 13.1. The van der Waals surface area contributed by atoms with Crippen LogP contribution in [0.25, 0.3) is 0 Å². The smallest absolute Gasteiger partial charge is 0.133 e. The molecule has 0 bridgehead atoms. The van der Waals surface area contributed by atoms with Gasteiger partial charge in [0, 0.05) is 12.5 Å². The van der Waals surface area contributed by atoms with Gasteiger partial charge in [-0.2, -0.15) is 0 Å². The Balaban J connectivity index is 2.19. The quantitative estimate of drug-likeness (QED) is 0.844. The highest BCUT2D eigenvalue weighted by Crippen LogP contribution is 2.28. The lowest BCUT2D eigenvalue weighted by atomic mass is 9.92. The Hall–Kier alpha value is -1.39. The fourth-order valence-corrected chi connectivity index (χ4v) is 3.00. The van der Waals surface area contributed by atoms with Crippen molar-refractivity contribution in [2.24, 2.45) is 0 Å². The summed E-state index contributed by atoms with van der Waals surface area (Å²) < 4.78 is 19.3. The molecule has 0 saturated heterocycles. The molecular formula is C17H19BrFNO. The van der Waals surface area contributed by atoms with Crippen LogP contribution in [0.15, 0.2) is 46.9 Å². The lowest BCUT2D eigenvalue weighted by molar-refractivity contribution is 0.412. The van der Waals surface area contributed by atoms with Crippen LogP contribution in [-0.2, 0) is 6.42 Å². The molecule has 2 rings (SSSR count). The van der Waals surface area contributed by atoms with Gasteiger partial charge in [0.1, 0.15) is 11.6 Å². The number of hydrogen-bond donors (Lipinski definition) is 1. The van der Waals surface area contributed by atoms with E-state index in [-0.39, 0.29) is 5.82 Å². The van der Waals surface area contributed by atoms with Crippen LogP contribution in [0.4, 0.5) is 4.39 Å². The molecule has 21 heavy (non-hydrogen) atoms. The molecular weight excluding hydrogens is 333 g/mol. The highest BCUT2D eigenvalue weighted by molar-refractivity contribution is 9.10. The first kappa shape index (κ1) is 16.0. The number of nitrogens with one attached hydrogen (secondary N) is 1. The maximum atomic E-state index is 13.1. The van der Waals surface area contributed by atoms with Crippen molar-refractivity contribution in [3.63, 3.8) is 0 Å². The molecule has 2 aromatic carbocycles. The second kappa shape index (κ2) is 7.57. The average Bonchev–Trinajstić information content (AvgIpc) is 2.48. The van der Waals surface area contributed by atoms with E-state index in [1.807, 2.05) is 25.2 Å². The Labute approximate surface area is 133 Å². The fraction of sp³-hybridized carbons (Fsp3) is 0.294. The first-order chi connectivity index (χ1) is 10.1. The van der Waals surface area contributed by atoms with Gasteiger partial charge in [0.05, 0.1) is 11.6 Å². The minimum Gasteiger partial charge on any atom is -0.496 e. The van der Waals surface area contributed by atoms with E-state index in [2.05, 4.69) is 33.4 Å². The van der Waals surface area contributed by atoms with Gasteiger partial charge < -0.3 is 10.1 Å². The van der Waals surface area contributed by atoms with Crippen molar-refractivity contribution >= 4 is 15.9 Å². The van der Waals surface area contributed by atoms with Crippen LogP contribution in [0.3, 0.4) is 0 Å². The van der Waals surface area contributed by atoms with E-state index in [0.29, 0.717) is 5.92 Å². The molecule has 0 radical (unpaired) electrons. The molecule has 0 fully saturated rings. The van der Waals surface area contributed by atoms with Crippen LogP contribution in [0.2, 0.25) is 0 Å². The molecule has 2 aromatic rings. The molecule has 4 heteroatoms. The van der Waals surface area contributed by atoms with Gasteiger partial charge >= 0.3 is 0 Å². The van der Waals surface area contributed by atoms with Crippen molar-refractivity contribution in [2.75, 3.05) is 20.7 Å². The van der Waals surface area contributed by atoms with Crippen molar-refractivity contribution in [1.82, 2.24) is 5.32 Å². The summed E-state index contributed by atoms with van der Waals surface area (Å²) in [5.41, 5.74) is 2.35. The van der Waals surface area contributed by atoms with Crippen LogP contribution in [0, 0.1) is 5.82 Å². The zero-order valence-electron chi connectivity index (χ0n) is 12.2. The van der Waals surface area contributed by atoms with Crippen LogP contribution in [0.5, 0.6) is 5.75 Å². The highest BCUT2D eigenvalue weighted by Gasteiger charge is 2.13. The number of halogens is 2. The molecule has 112 valence electrons. The Morgan fingerprint density at radius 2 is 1.90 bits per heavy atom. The second-order valence-electron chi connectivity index (χ2n) is 4.98. The number of benzene rings is 2. The van der Waals surface area contributed by atoms with Gasteiger partial charge in [0.15, 0.2) is 0 Å². The van der Waals surface area contributed by atoms with E-state index >= 15 is 0 Å². The minimum absolute atomic E-state index is 0.200. The molecule has 0 amide bonds. The zero-order chi connectivity index (χ0) is 15.2. The van der Waals surface area contributed by atoms with Crippen molar-refractivity contribution in [2.45, 2.75) is 12.3 Å². The molecule has 2 nitrogen and oxygen atoms in total. The summed E-state index contributed by atoms with van der Waals surface area (Å²) in [5.74, 6) is 0.927. The van der Waals surface area contributed by atoms with Crippen LogP contribution in [-0.4, -0.2) is 20.7 Å². The third kappa shape index (κ3) is 4.29. The summed E-state index contributed by atoms with van der Waals surface area (Å²) in [6.07, 6.45) is 0.884. The molecule has 0 aromatic heterocycles. The number of methoxy groups -OCH3 is 1. The van der Waals surface area contributed by atoms with E-state index in [0.717, 1.165) is 28.8 Å². The summed E-state index contributed by atoms with van der Waals surface area (Å²) >= 11 is 3.51. The predicted octanol–water partition coefficient (Wildman–Crippen LogP) is 4.14. The van der Waals surface area contributed by atoms with Gasteiger partial charge in [-0.1, -0.05) is 18.2 Å². The molecule has 0 aliphatic rings. The highest BCUT2D eigenvalue weighted by atomic mass is 79.9. The van der Waals surface area contributed by atoms with Gasteiger partial charge in [-0.15, -0.1) is 0 Å². The van der Waals surface area contributed by atoms with Crippen molar-refractivity contribution in [3.8, 4) is 5.75 Å². The number of ether oxygens (including phenoxy) is 1. The van der Waals surface area contributed by atoms with E-state index in [9.17, 15) is 4.39 Å². The molecule has 1 atom stereocenters. The van der Waals surface area contributed by atoms with Crippen LogP contribution in [0.1, 0.15) is 17.0 Å². The first-order valence-corrected chi connectivity index (χ1v) is 7.66. The van der Waals surface area contributed by atoms with Crippen molar-refractivity contribution in [3.05, 3.63) is 63.9 Å². The van der Waals surface area contributed by atoms with Gasteiger partial charge in [-0.05, 0) is 64.8 Å². The second-order valence-corrected chi connectivity index (χ2v) is 5.83. The SMILES string of the molecule is CNCC(Cc1ccc(OC)c(Br)c1)c1ccc(F)cc1. The summed E-state index contributed by atoms with van der Waals surface area (Å²) in [6.45, 7) is 0.843. The monoisotopic (exact) mass is 351 g/mol. The average molecular weight is 352 g/mol. The van der Waals surface area contributed by atoms with Crippen LogP contribution < -0.4 is 10.1 Å². The zero-order valence-corrected chi connectivity index (χ0v) is 13.8. The van der Waals surface area contributed by atoms with Gasteiger partial charge in [0.25, 0.3) is 0 Å². The number of hydrogen-bond acceptors (Lipinski definition) is 2. The Morgan fingerprint density at radius 1 is 1.19 bits per heavy atom. The van der Waals surface area contributed by atoms with E-state index < -0.39 is 0 Å². The normalized spacial score (nSPS) is 12.2.